The number of benzene rings is 2. The second-order valence-electron chi connectivity index (χ2n) is 6.90. The highest BCUT2D eigenvalue weighted by Crippen LogP contribution is 2.36. The standard InChI is InChI=1S/C22H22N2O/c1-14-9-10-16(13-15(14)2)17-11-12-23(3)22(25)20-18-7-5-6-8-19(18)24(4)21(17)20/h5-11,13H,12H2,1-4H3. The Morgan fingerprint density at radius 3 is 2.48 bits per heavy atom. The minimum atomic E-state index is 0.0851. The van der Waals surface area contributed by atoms with E-state index in [9.17, 15) is 4.79 Å². The van der Waals surface area contributed by atoms with Crippen LogP contribution in [0.3, 0.4) is 0 Å². The molecule has 1 amide bonds. The normalized spacial score (nSPS) is 14.5. The highest BCUT2D eigenvalue weighted by molar-refractivity contribution is 6.12. The first kappa shape index (κ1) is 15.7. The second-order valence-corrected chi connectivity index (χ2v) is 6.90. The fourth-order valence-electron chi connectivity index (χ4n) is 3.69. The van der Waals surface area contributed by atoms with Gasteiger partial charge in [0.1, 0.15) is 0 Å². The van der Waals surface area contributed by atoms with E-state index < -0.39 is 0 Å². The number of aromatic nitrogens is 1. The largest absolute Gasteiger partial charge is 0.343 e. The molecular formula is C22H22N2O. The van der Waals surface area contributed by atoms with Crippen LogP contribution in [-0.2, 0) is 7.05 Å². The van der Waals surface area contributed by atoms with Gasteiger partial charge in [-0.05, 0) is 36.6 Å². The van der Waals surface area contributed by atoms with Gasteiger partial charge >= 0.3 is 0 Å². The van der Waals surface area contributed by atoms with E-state index in [4.69, 9.17) is 0 Å². The van der Waals surface area contributed by atoms with E-state index in [-0.39, 0.29) is 5.91 Å². The van der Waals surface area contributed by atoms with E-state index in [1.54, 1.807) is 4.90 Å². The number of para-hydroxylation sites is 1. The van der Waals surface area contributed by atoms with Gasteiger partial charge in [-0.25, -0.2) is 0 Å². The number of likely N-dealkylation sites (N-methyl/N-ethyl adjacent to an activating group) is 1. The van der Waals surface area contributed by atoms with E-state index in [1.165, 1.54) is 16.7 Å². The summed E-state index contributed by atoms with van der Waals surface area (Å²) in [4.78, 5) is 14.8. The molecule has 1 aliphatic rings. The van der Waals surface area contributed by atoms with Crippen molar-refractivity contribution >= 4 is 22.4 Å². The van der Waals surface area contributed by atoms with Crippen LogP contribution in [0.25, 0.3) is 16.5 Å². The first-order valence-electron chi connectivity index (χ1n) is 8.60. The van der Waals surface area contributed by atoms with Crippen LogP contribution in [0, 0.1) is 13.8 Å². The zero-order valence-electron chi connectivity index (χ0n) is 15.1. The number of carbonyl (C=O) groups excluding carboxylic acids is 1. The molecule has 3 aromatic rings. The summed E-state index contributed by atoms with van der Waals surface area (Å²) >= 11 is 0. The first-order chi connectivity index (χ1) is 12.0. The Morgan fingerprint density at radius 2 is 1.72 bits per heavy atom. The number of hydrogen-bond donors (Lipinski definition) is 0. The summed E-state index contributed by atoms with van der Waals surface area (Å²) in [5, 5.41) is 1.02. The maximum absolute atomic E-state index is 13.0. The van der Waals surface area contributed by atoms with Crippen molar-refractivity contribution in [1.82, 2.24) is 9.47 Å². The minimum Gasteiger partial charge on any atom is -0.343 e. The molecule has 0 aliphatic carbocycles. The summed E-state index contributed by atoms with van der Waals surface area (Å²) in [7, 11) is 3.92. The number of fused-ring (bicyclic) bond motifs is 3. The zero-order valence-corrected chi connectivity index (χ0v) is 15.1. The first-order valence-corrected chi connectivity index (χ1v) is 8.60. The van der Waals surface area contributed by atoms with Gasteiger partial charge in [0.25, 0.3) is 5.91 Å². The molecule has 3 heteroatoms. The Morgan fingerprint density at radius 1 is 0.960 bits per heavy atom. The van der Waals surface area contributed by atoms with Crippen molar-refractivity contribution < 1.29 is 4.79 Å². The molecule has 0 saturated carbocycles. The molecule has 0 saturated heterocycles. The highest BCUT2D eigenvalue weighted by atomic mass is 16.2. The molecule has 2 aromatic carbocycles. The van der Waals surface area contributed by atoms with Gasteiger partial charge in [0.15, 0.2) is 0 Å². The molecule has 0 N–H and O–H groups in total. The lowest BCUT2D eigenvalue weighted by Gasteiger charge is -2.12. The van der Waals surface area contributed by atoms with Crippen molar-refractivity contribution in [2.75, 3.05) is 13.6 Å². The predicted molar refractivity (Wildman–Crippen MR) is 103 cm³/mol. The number of aryl methyl sites for hydroxylation is 3. The smallest absolute Gasteiger partial charge is 0.256 e. The average Bonchev–Trinajstić information content (AvgIpc) is 2.83. The molecule has 0 unspecified atom stereocenters. The van der Waals surface area contributed by atoms with Crippen LogP contribution < -0.4 is 0 Å². The van der Waals surface area contributed by atoms with Gasteiger partial charge in [0, 0.05) is 37.1 Å². The second kappa shape index (κ2) is 5.62. The summed E-state index contributed by atoms with van der Waals surface area (Å²) in [6, 6.07) is 14.7. The van der Waals surface area contributed by atoms with Gasteiger partial charge in [-0.3, -0.25) is 4.79 Å². The molecule has 3 nitrogen and oxygen atoms in total. The molecular weight excluding hydrogens is 308 g/mol. The lowest BCUT2D eigenvalue weighted by molar-refractivity contribution is 0.0813. The third-order valence-electron chi connectivity index (χ3n) is 5.31. The molecule has 25 heavy (non-hydrogen) atoms. The topological polar surface area (TPSA) is 25.2 Å². The van der Waals surface area contributed by atoms with Crippen molar-refractivity contribution in [3.63, 3.8) is 0 Å². The van der Waals surface area contributed by atoms with E-state index in [1.807, 2.05) is 25.2 Å². The summed E-state index contributed by atoms with van der Waals surface area (Å²) in [5.41, 5.74) is 7.76. The van der Waals surface area contributed by atoms with Crippen LogP contribution in [-0.4, -0.2) is 29.0 Å². The molecule has 1 aliphatic heterocycles. The molecule has 0 bridgehead atoms. The van der Waals surface area contributed by atoms with Gasteiger partial charge in [-0.15, -0.1) is 0 Å². The van der Waals surface area contributed by atoms with E-state index in [0.717, 1.165) is 27.7 Å². The third-order valence-corrected chi connectivity index (χ3v) is 5.31. The molecule has 0 atom stereocenters. The molecule has 1 aromatic heterocycles. The number of amides is 1. The Labute approximate surface area is 148 Å². The van der Waals surface area contributed by atoms with Gasteiger partial charge < -0.3 is 9.47 Å². The van der Waals surface area contributed by atoms with Gasteiger partial charge in [0.2, 0.25) is 0 Å². The highest BCUT2D eigenvalue weighted by Gasteiger charge is 2.28. The Hall–Kier alpha value is -2.81. The third kappa shape index (κ3) is 2.30. The molecule has 0 spiro atoms. The number of nitrogens with zero attached hydrogens (tertiary/aromatic N) is 2. The van der Waals surface area contributed by atoms with E-state index in [0.29, 0.717) is 6.54 Å². The molecule has 4 rings (SSSR count). The van der Waals surface area contributed by atoms with Crippen LogP contribution in [0.1, 0.15) is 32.7 Å². The van der Waals surface area contributed by atoms with Crippen LogP contribution >= 0.6 is 0 Å². The fourth-order valence-corrected chi connectivity index (χ4v) is 3.69. The van der Waals surface area contributed by atoms with Crippen molar-refractivity contribution in [3.05, 3.63) is 76.5 Å². The van der Waals surface area contributed by atoms with Gasteiger partial charge in [0.05, 0.1) is 11.3 Å². The Balaban J connectivity index is 2.06. The number of rotatable bonds is 1. The van der Waals surface area contributed by atoms with E-state index >= 15 is 0 Å². The van der Waals surface area contributed by atoms with Crippen LogP contribution in [0.2, 0.25) is 0 Å². The molecule has 0 radical (unpaired) electrons. The van der Waals surface area contributed by atoms with Crippen molar-refractivity contribution in [2.45, 2.75) is 13.8 Å². The van der Waals surface area contributed by atoms with Crippen molar-refractivity contribution in [2.24, 2.45) is 7.05 Å². The minimum absolute atomic E-state index is 0.0851. The van der Waals surface area contributed by atoms with Crippen LogP contribution in [0.15, 0.2) is 48.5 Å². The maximum atomic E-state index is 13.0. The Kier molecular flexibility index (Phi) is 3.53. The molecule has 126 valence electrons. The molecule has 0 fully saturated rings. The Bertz CT molecular complexity index is 1040. The van der Waals surface area contributed by atoms with Gasteiger partial charge in [-0.2, -0.15) is 0 Å². The molecule has 2 heterocycles. The summed E-state index contributed by atoms with van der Waals surface area (Å²) in [6.45, 7) is 4.88. The van der Waals surface area contributed by atoms with Crippen LogP contribution in [0.4, 0.5) is 0 Å². The van der Waals surface area contributed by atoms with Crippen LogP contribution in [0.5, 0.6) is 0 Å². The predicted octanol–water partition coefficient (Wildman–Crippen LogP) is 4.31. The van der Waals surface area contributed by atoms with Gasteiger partial charge in [-0.1, -0.05) is 42.5 Å². The van der Waals surface area contributed by atoms with Crippen molar-refractivity contribution in [3.8, 4) is 0 Å². The monoisotopic (exact) mass is 330 g/mol. The number of hydrogen-bond acceptors (Lipinski definition) is 1. The lowest BCUT2D eigenvalue weighted by atomic mass is 9.96. The zero-order chi connectivity index (χ0) is 17.7. The lowest BCUT2D eigenvalue weighted by Crippen LogP contribution is -2.25. The number of carbonyl (C=O) groups is 1. The summed E-state index contributed by atoms with van der Waals surface area (Å²) in [5.74, 6) is 0.0851. The average molecular weight is 330 g/mol. The van der Waals surface area contributed by atoms with E-state index in [2.05, 4.69) is 55.8 Å². The SMILES string of the molecule is Cc1ccc(C2=CCN(C)C(=O)c3c2n(C)c2ccccc32)cc1C. The summed E-state index contributed by atoms with van der Waals surface area (Å²) in [6.07, 6.45) is 2.17. The maximum Gasteiger partial charge on any atom is 0.256 e. The quantitative estimate of drug-likeness (QED) is 0.652. The summed E-state index contributed by atoms with van der Waals surface area (Å²) < 4.78 is 2.16. The fraction of sp³-hybridized carbons (Fsp3) is 0.227. The van der Waals surface area contributed by atoms with Crippen molar-refractivity contribution in [1.29, 1.82) is 0 Å².